The van der Waals surface area contributed by atoms with Crippen LogP contribution in [-0.4, -0.2) is 25.2 Å². The largest absolute Gasteiger partial charge is 0.447 e. The zero-order valence-electron chi connectivity index (χ0n) is 13.1. The second kappa shape index (κ2) is 6.99. The fourth-order valence-electron chi connectivity index (χ4n) is 2.44. The van der Waals surface area contributed by atoms with E-state index in [1.54, 1.807) is 12.1 Å². The number of rotatable bonds is 3. The average Bonchev–Trinajstić information content (AvgIpc) is 3.01. The van der Waals surface area contributed by atoms with Crippen molar-refractivity contribution in [3.8, 4) is 0 Å². The molecule has 0 bridgehead atoms. The number of anilines is 2. The summed E-state index contributed by atoms with van der Waals surface area (Å²) in [4.78, 5) is 25.2. The first kappa shape index (κ1) is 18.2. The molecule has 1 saturated heterocycles. The Balaban J connectivity index is 1.75. The lowest BCUT2D eigenvalue weighted by atomic mass is 10.1. The highest BCUT2D eigenvalue weighted by molar-refractivity contribution is 9.10. The summed E-state index contributed by atoms with van der Waals surface area (Å²) in [7, 11) is 0. The van der Waals surface area contributed by atoms with Gasteiger partial charge in [0, 0.05) is 21.4 Å². The summed E-state index contributed by atoms with van der Waals surface area (Å²) in [5, 5.41) is 2.43. The second-order valence-corrected chi connectivity index (χ2v) is 6.31. The SMILES string of the molecule is O=C(Nc1ccc(Br)c(C(F)(F)F)c1)c1ccc(N2CCOC2=O)cc1. The highest BCUT2D eigenvalue weighted by Gasteiger charge is 2.33. The van der Waals surface area contributed by atoms with Crippen LogP contribution in [0.4, 0.5) is 29.3 Å². The third-order valence-electron chi connectivity index (χ3n) is 3.73. The number of cyclic esters (lactones) is 1. The number of ether oxygens (including phenoxy) is 1. The van der Waals surface area contributed by atoms with Gasteiger partial charge in [-0.25, -0.2) is 4.79 Å². The maximum atomic E-state index is 12.9. The van der Waals surface area contributed by atoms with Gasteiger partial charge in [0.1, 0.15) is 6.61 Å². The van der Waals surface area contributed by atoms with Crippen LogP contribution in [0.25, 0.3) is 0 Å². The lowest BCUT2D eigenvalue weighted by Gasteiger charge is -2.14. The van der Waals surface area contributed by atoms with Crippen molar-refractivity contribution in [1.82, 2.24) is 0 Å². The molecule has 0 unspecified atom stereocenters. The third kappa shape index (κ3) is 3.82. The van der Waals surface area contributed by atoms with Gasteiger partial charge in [-0.1, -0.05) is 15.9 Å². The monoisotopic (exact) mass is 428 g/mol. The van der Waals surface area contributed by atoms with E-state index in [9.17, 15) is 22.8 Å². The number of benzene rings is 2. The minimum absolute atomic E-state index is 0.0257. The van der Waals surface area contributed by atoms with Crippen LogP contribution in [0.5, 0.6) is 0 Å². The van der Waals surface area contributed by atoms with E-state index in [1.165, 1.54) is 29.2 Å². The molecule has 0 spiro atoms. The Morgan fingerprint density at radius 2 is 1.85 bits per heavy atom. The lowest BCUT2D eigenvalue weighted by molar-refractivity contribution is -0.138. The molecule has 3 rings (SSSR count). The molecule has 2 amide bonds. The van der Waals surface area contributed by atoms with Gasteiger partial charge in [0.15, 0.2) is 0 Å². The topological polar surface area (TPSA) is 58.6 Å². The molecule has 1 fully saturated rings. The lowest BCUT2D eigenvalue weighted by Crippen LogP contribution is -2.23. The fraction of sp³-hybridized carbons (Fsp3) is 0.176. The van der Waals surface area contributed by atoms with Crippen molar-refractivity contribution >= 4 is 39.3 Å². The first-order valence-electron chi connectivity index (χ1n) is 7.48. The summed E-state index contributed by atoms with van der Waals surface area (Å²) in [5.41, 5.74) is -0.0271. The van der Waals surface area contributed by atoms with Gasteiger partial charge in [0.25, 0.3) is 5.91 Å². The number of hydrogen-bond donors (Lipinski definition) is 1. The van der Waals surface area contributed by atoms with Crippen LogP contribution in [0, 0.1) is 0 Å². The van der Waals surface area contributed by atoms with Crippen molar-refractivity contribution in [2.45, 2.75) is 6.18 Å². The van der Waals surface area contributed by atoms with Gasteiger partial charge in [-0.3, -0.25) is 9.69 Å². The predicted molar refractivity (Wildman–Crippen MR) is 92.2 cm³/mol. The maximum absolute atomic E-state index is 12.9. The number of carbonyl (C=O) groups excluding carboxylic acids is 2. The second-order valence-electron chi connectivity index (χ2n) is 5.46. The van der Waals surface area contributed by atoms with Crippen LogP contribution in [0.3, 0.4) is 0 Å². The molecule has 1 heterocycles. The number of hydrogen-bond acceptors (Lipinski definition) is 3. The Morgan fingerprint density at radius 3 is 2.42 bits per heavy atom. The minimum Gasteiger partial charge on any atom is -0.447 e. The molecule has 0 atom stereocenters. The molecule has 5 nitrogen and oxygen atoms in total. The van der Waals surface area contributed by atoms with Crippen LogP contribution in [0.2, 0.25) is 0 Å². The molecule has 26 heavy (non-hydrogen) atoms. The van der Waals surface area contributed by atoms with Gasteiger partial charge in [-0.05, 0) is 42.5 Å². The Hall–Kier alpha value is -2.55. The zero-order chi connectivity index (χ0) is 18.9. The molecule has 0 saturated carbocycles. The summed E-state index contributed by atoms with van der Waals surface area (Å²) in [5.74, 6) is -0.559. The molecule has 1 aliphatic heterocycles. The third-order valence-corrected chi connectivity index (χ3v) is 4.42. The van der Waals surface area contributed by atoms with E-state index in [2.05, 4.69) is 21.2 Å². The van der Waals surface area contributed by atoms with Crippen LogP contribution in [0.15, 0.2) is 46.9 Å². The Morgan fingerprint density at radius 1 is 1.15 bits per heavy atom. The van der Waals surface area contributed by atoms with Crippen molar-refractivity contribution < 1.29 is 27.5 Å². The average molecular weight is 429 g/mol. The number of carbonyl (C=O) groups is 2. The number of halogens is 4. The molecule has 2 aromatic rings. The highest BCUT2D eigenvalue weighted by atomic mass is 79.9. The molecule has 2 aromatic carbocycles. The van der Waals surface area contributed by atoms with Crippen molar-refractivity contribution in [2.75, 3.05) is 23.4 Å². The highest BCUT2D eigenvalue weighted by Crippen LogP contribution is 2.36. The molecule has 0 aromatic heterocycles. The van der Waals surface area contributed by atoms with Gasteiger partial charge in [0.2, 0.25) is 0 Å². The van der Waals surface area contributed by atoms with E-state index < -0.39 is 23.7 Å². The molecule has 0 aliphatic carbocycles. The molecule has 136 valence electrons. The molecule has 1 aliphatic rings. The quantitative estimate of drug-likeness (QED) is 0.771. The first-order valence-corrected chi connectivity index (χ1v) is 8.27. The van der Waals surface area contributed by atoms with Crippen LogP contribution in [0.1, 0.15) is 15.9 Å². The van der Waals surface area contributed by atoms with Crippen molar-refractivity contribution in [3.63, 3.8) is 0 Å². The Kier molecular flexibility index (Phi) is 4.90. The van der Waals surface area contributed by atoms with Crippen LogP contribution >= 0.6 is 15.9 Å². The number of nitrogens with one attached hydrogen (secondary N) is 1. The molecule has 1 N–H and O–H groups in total. The van der Waals surface area contributed by atoms with Gasteiger partial charge in [0.05, 0.1) is 12.1 Å². The summed E-state index contributed by atoms with van der Waals surface area (Å²) < 4.78 is 43.5. The van der Waals surface area contributed by atoms with Crippen LogP contribution < -0.4 is 10.2 Å². The fourth-order valence-corrected chi connectivity index (χ4v) is 2.92. The maximum Gasteiger partial charge on any atom is 0.417 e. The zero-order valence-corrected chi connectivity index (χ0v) is 14.7. The number of nitrogens with zero attached hydrogens (tertiary/aromatic N) is 1. The number of amides is 2. The standard InChI is InChI=1S/C17H12BrF3N2O3/c18-14-6-3-11(9-13(14)17(19,20)21)22-15(24)10-1-4-12(5-2-10)23-7-8-26-16(23)25/h1-6,9H,7-8H2,(H,22,24). The molecular formula is C17H12BrF3N2O3. The smallest absolute Gasteiger partial charge is 0.417 e. The van der Waals surface area contributed by atoms with Gasteiger partial charge < -0.3 is 10.1 Å². The van der Waals surface area contributed by atoms with E-state index in [-0.39, 0.29) is 15.7 Å². The van der Waals surface area contributed by atoms with Crippen molar-refractivity contribution in [2.24, 2.45) is 0 Å². The Labute approximate surface area is 154 Å². The van der Waals surface area contributed by atoms with E-state index in [1.807, 2.05) is 0 Å². The summed E-state index contributed by atoms with van der Waals surface area (Å²) >= 11 is 2.85. The van der Waals surface area contributed by atoms with Gasteiger partial charge in [-0.15, -0.1) is 0 Å². The van der Waals surface area contributed by atoms with E-state index in [0.717, 1.165) is 6.07 Å². The molecule has 9 heteroatoms. The predicted octanol–water partition coefficient (Wildman–Crippen LogP) is 4.68. The van der Waals surface area contributed by atoms with Gasteiger partial charge >= 0.3 is 12.3 Å². The summed E-state index contributed by atoms with van der Waals surface area (Å²) in [6, 6.07) is 9.57. The minimum atomic E-state index is -4.54. The van der Waals surface area contributed by atoms with E-state index in [0.29, 0.717) is 18.8 Å². The first-order chi connectivity index (χ1) is 12.3. The van der Waals surface area contributed by atoms with Crippen LogP contribution in [-0.2, 0) is 10.9 Å². The normalized spacial score (nSPS) is 14.3. The van der Waals surface area contributed by atoms with E-state index in [4.69, 9.17) is 4.74 Å². The summed E-state index contributed by atoms with van der Waals surface area (Å²) in [6.07, 6.45) is -5.00. The van der Waals surface area contributed by atoms with Gasteiger partial charge in [-0.2, -0.15) is 13.2 Å². The molecule has 0 radical (unpaired) electrons. The number of alkyl halides is 3. The molecular weight excluding hydrogens is 417 g/mol. The van der Waals surface area contributed by atoms with E-state index >= 15 is 0 Å². The van der Waals surface area contributed by atoms with Crippen molar-refractivity contribution in [3.05, 3.63) is 58.1 Å². The Bertz CT molecular complexity index is 853. The van der Waals surface area contributed by atoms with Crippen molar-refractivity contribution in [1.29, 1.82) is 0 Å². The summed E-state index contributed by atoms with van der Waals surface area (Å²) in [6.45, 7) is 0.718.